The molecule has 2 rings (SSSR count). The molecule has 1 aromatic heterocycles. The van der Waals surface area contributed by atoms with Gasteiger partial charge in [0.1, 0.15) is 5.15 Å². The largest absolute Gasteiger partial charge is 0.504 e. The highest BCUT2D eigenvalue weighted by Gasteiger charge is 2.05. The number of nitrogens with one attached hydrogen (secondary N) is 1. The van der Waals surface area contributed by atoms with E-state index in [1.54, 1.807) is 6.92 Å². The highest BCUT2D eigenvalue weighted by molar-refractivity contribution is 6.32. The van der Waals surface area contributed by atoms with Crippen LogP contribution in [0, 0.1) is 0 Å². The molecule has 1 aromatic carbocycles. The summed E-state index contributed by atoms with van der Waals surface area (Å²) >= 11 is 5.65. The maximum atomic E-state index is 9.34. The first-order valence-electron chi connectivity index (χ1n) is 4.71. The number of H-pyrrole nitrogens is 1. The van der Waals surface area contributed by atoms with Crippen LogP contribution in [0.4, 0.5) is 0 Å². The standard InChI is InChI=1S/C8H6ClNO.C3H6O2/c9-8-7(11)5-3-1-2-4-6(5)10-8;1-2-5-3-4/h1-4,10-11H;3H,2H2,1H3. The summed E-state index contributed by atoms with van der Waals surface area (Å²) in [6, 6.07) is 7.41. The van der Waals surface area contributed by atoms with Crippen LogP contribution in [0.25, 0.3) is 10.9 Å². The summed E-state index contributed by atoms with van der Waals surface area (Å²) in [6.07, 6.45) is 0. The summed E-state index contributed by atoms with van der Waals surface area (Å²) in [4.78, 5) is 12.0. The number of hydrogen-bond donors (Lipinski definition) is 2. The van der Waals surface area contributed by atoms with Gasteiger partial charge in [0.15, 0.2) is 5.75 Å². The molecular weight excluding hydrogens is 230 g/mol. The molecule has 2 aromatic rings. The smallest absolute Gasteiger partial charge is 0.293 e. The van der Waals surface area contributed by atoms with Gasteiger partial charge in [0.25, 0.3) is 6.47 Å². The van der Waals surface area contributed by atoms with Crippen molar-refractivity contribution in [3.8, 4) is 5.75 Å². The number of benzene rings is 1. The van der Waals surface area contributed by atoms with Crippen molar-refractivity contribution in [3.05, 3.63) is 29.4 Å². The average Bonchev–Trinajstić information content (AvgIpc) is 2.58. The lowest BCUT2D eigenvalue weighted by Gasteiger charge is -1.86. The van der Waals surface area contributed by atoms with Gasteiger partial charge < -0.3 is 14.8 Å². The first-order chi connectivity index (χ1) is 7.70. The van der Waals surface area contributed by atoms with Crippen molar-refractivity contribution in [1.29, 1.82) is 0 Å². The minimum atomic E-state index is 0.127. The second kappa shape index (κ2) is 6.02. The quantitative estimate of drug-likeness (QED) is 0.795. The van der Waals surface area contributed by atoms with E-state index < -0.39 is 0 Å². The van der Waals surface area contributed by atoms with Crippen molar-refractivity contribution in [2.24, 2.45) is 0 Å². The van der Waals surface area contributed by atoms with Crippen molar-refractivity contribution < 1.29 is 14.6 Å². The maximum Gasteiger partial charge on any atom is 0.293 e. The van der Waals surface area contributed by atoms with Crippen molar-refractivity contribution >= 4 is 29.0 Å². The summed E-state index contributed by atoms with van der Waals surface area (Å²) in [5.74, 6) is 0.127. The van der Waals surface area contributed by atoms with E-state index in [1.807, 2.05) is 24.3 Å². The Balaban J connectivity index is 0.000000221. The molecule has 0 amide bonds. The molecule has 0 bridgehead atoms. The van der Waals surface area contributed by atoms with Crippen molar-refractivity contribution in [1.82, 2.24) is 4.98 Å². The maximum absolute atomic E-state index is 9.34. The Morgan fingerprint density at radius 3 is 2.69 bits per heavy atom. The minimum Gasteiger partial charge on any atom is -0.504 e. The predicted molar refractivity (Wildman–Crippen MR) is 62.7 cm³/mol. The lowest BCUT2D eigenvalue weighted by Crippen LogP contribution is -1.80. The second-order valence-corrected chi connectivity index (χ2v) is 3.26. The van der Waals surface area contributed by atoms with E-state index in [-0.39, 0.29) is 5.75 Å². The molecule has 2 N–H and O–H groups in total. The van der Waals surface area contributed by atoms with Crippen molar-refractivity contribution in [3.63, 3.8) is 0 Å². The van der Waals surface area contributed by atoms with Gasteiger partial charge in [-0.1, -0.05) is 23.7 Å². The Bertz CT molecular complexity index is 467. The normalized spacial score (nSPS) is 9.38. The molecule has 0 aliphatic carbocycles. The molecule has 5 heteroatoms. The van der Waals surface area contributed by atoms with Gasteiger partial charge in [0.2, 0.25) is 0 Å². The number of aromatic hydroxyl groups is 1. The SMILES string of the molecule is CCOC=O.Oc1c(Cl)[nH]c2ccccc12. The van der Waals surface area contributed by atoms with E-state index in [1.165, 1.54) is 0 Å². The number of para-hydroxylation sites is 1. The number of carbonyl (C=O) groups excluding carboxylic acids is 1. The fourth-order valence-electron chi connectivity index (χ4n) is 1.16. The number of halogens is 1. The third-order valence-corrected chi connectivity index (χ3v) is 2.14. The van der Waals surface area contributed by atoms with Crippen molar-refractivity contribution in [2.75, 3.05) is 6.61 Å². The number of fused-ring (bicyclic) bond motifs is 1. The summed E-state index contributed by atoms with van der Waals surface area (Å²) in [7, 11) is 0. The third-order valence-electron chi connectivity index (χ3n) is 1.87. The van der Waals surface area contributed by atoms with Crippen LogP contribution in [0.15, 0.2) is 24.3 Å². The lowest BCUT2D eigenvalue weighted by atomic mass is 10.2. The molecule has 0 unspecified atom stereocenters. The number of rotatable bonds is 2. The van der Waals surface area contributed by atoms with Crippen LogP contribution in [0.3, 0.4) is 0 Å². The summed E-state index contributed by atoms with van der Waals surface area (Å²) < 4.78 is 4.15. The van der Waals surface area contributed by atoms with E-state index >= 15 is 0 Å². The molecule has 16 heavy (non-hydrogen) atoms. The van der Waals surface area contributed by atoms with E-state index in [9.17, 15) is 9.90 Å². The van der Waals surface area contributed by atoms with Crippen LogP contribution in [0.2, 0.25) is 5.15 Å². The Morgan fingerprint density at radius 2 is 2.19 bits per heavy atom. The highest BCUT2D eigenvalue weighted by Crippen LogP contribution is 2.31. The summed E-state index contributed by atoms with van der Waals surface area (Å²) in [5.41, 5.74) is 0.856. The minimum absolute atomic E-state index is 0.127. The van der Waals surface area contributed by atoms with Gasteiger partial charge >= 0.3 is 0 Å². The number of ether oxygens (including phenoxy) is 1. The van der Waals surface area contributed by atoms with Gasteiger partial charge in [-0.05, 0) is 19.1 Å². The molecule has 0 aliphatic rings. The Labute approximate surface area is 97.8 Å². The number of carbonyl (C=O) groups is 1. The van der Waals surface area contributed by atoms with Crippen LogP contribution >= 0.6 is 11.6 Å². The Kier molecular flexibility index (Phi) is 4.66. The van der Waals surface area contributed by atoms with Gasteiger partial charge in [-0.15, -0.1) is 0 Å². The van der Waals surface area contributed by atoms with Crippen LogP contribution in [-0.2, 0) is 9.53 Å². The molecule has 4 nitrogen and oxygen atoms in total. The molecule has 1 heterocycles. The number of aromatic amines is 1. The van der Waals surface area contributed by atoms with Crippen LogP contribution < -0.4 is 0 Å². The molecule has 0 saturated carbocycles. The van der Waals surface area contributed by atoms with Gasteiger partial charge in [-0.3, -0.25) is 4.79 Å². The Hall–Kier alpha value is -1.68. The predicted octanol–water partition coefficient (Wildman–Crippen LogP) is 2.71. The molecular formula is C11H12ClNO3. The molecule has 0 atom stereocenters. The van der Waals surface area contributed by atoms with Gasteiger partial charge in [0.05, 0.1) is 12.1 Å². The summed E-state index contributed by atoms with van der Waals surface area (Å²) in [5, 5.41) is 10.4. The molecule has 0 saturated heterocycles. The van der Waals surface area contributed by atoms with E-state index in [0.717, 1.165) is 10.9 Å². The molecule has 0 radical (unpaired) electrons. The number of hydrogen-bond acceptors (Lipinski definition) is 3. The molecule has 86 valence electrons. The van der Waals surface area contributed by atoms with Gasteiger partial charge in [-0.25, -0.2) is 0 Å². The zero-order chi connectivity index (χ0) is 12.0. The second-order valence-electron chi connectivity index (χ2n) is 2.88. The zero-order valence-corrected chi connectivity index (χ0v) is 9.49. The number of aromatic nitrogens is 1. The van der Waals surface area contributed by atoms with Crippen molar-refractivity contribution in [2.45, 2.75) is 6.92 Å². The fourth-order valence-corrected chi connectivity index (χ4v) is 1.37. The molecule has 0 fully saturated rings. The van der Waals surface area contributed by atoms with Gasteiger partial charge in [0, 0.05) is 5.39 Å². The van der Waals surface area contributed by atoms with Crippen LogP contribution in [-0.4, -0.2) is 23.2 Å². The topological polar surface area (TPSA) is 62.3 Å². The first-order valence-corrected chi connectivity index (χ1v) is 5.09. The van der Waals surface area contributed by atoms with E-state index in [2.05, 4.69) is 9.72 Å². The van der Waals surface area contributed by atoms with Gasteiger partial charge in [-0.2, -0.15) is 0 Å². The zero-order valence-electron chi connectivity index (χ0n) is 8.74. The third kappa shape index (κ3) is 2.90. The fraction of sp³-hybridized carbons (Fsp3) is 0.182. The molecule has 0 spiro atoms. The average molecular weight is 242 g/mol. The Morgan fingerprint density at radius 1 is 1.50 bits per heavy atom. The van der Waals surface area contributed by atoms with Crippen LogP contribution in [0.1, 0.15) is 6.92 Å². The monoisotopic (exact) mass is 241 g/mol. The van der Waals surface area contributed by atoms with E-state index in [0.29, 0.717) is 18.2 Å². The summed E-state index contributed by atoms with van der Waals surface area (Å²) in [6.45, 7) is 2.66. The van der Waals surface area contributed by atoms with E-state index in [4.69, 9.17) is 11.6 Å². The van der Waals surface area contributed by atoms with Crippen LogP contribution in [0.5, 0.6) is 5.75 Å². The lowest BCUT2D eigenvalue weighted by molar-refractivity contribution is -0.128. The molecule has 0 aliphatic heterocycles. The first kappa shape index (κ1) is 12.4. The highest BCUT2D eigenvalue weighted by atomic mass is 35.5.